The van der Waals surface area contributed by atoms with Crippen molar-refractivity contribution in [3.05, 3.63) is 23.2 Å². The first-order chi connectivity index (χ1) is 9.44. The molecule has 1 aliphatic heterocycles. The Kier molecular flexibility index (Phi) is 3.14. The van der Waals surface area contributed by atoms with Gasteiger partial charge in [-0.15, -0.1) is 5.10 Å². The molecule has 1 fully saturated rings. The predicted octanol–water partition coefficient (Wildman–Crippen LogP) is 0.935. The summed E-state index contributed by atoms with van der Waals surface area (Å²) in [5, 5.41) is 12.0. The van der Waals surface area contributed by atoms with E-state index in [0.717, 1.165) is 0 Å². The normalized spacial score (nSPS) is 21.1. The number of hydrogen-bond donors (Lipinski definition) is 1. The van der Waals surface area contributed by atoms with E-state index in [2.05, 4.69) is 15.5 Å². The molecule has 0 aliphatic carbocycles. The monoisotopic (exact) mass is 313 g/mol. The number of halogens is 1. The molecule has 2 aromatic rings. The van der Waals surface area contributed by atoms with Gasteiger partial charge in [0.2, 0.25) is 0 Å². The van der Waals surface area contributed by atoms with Crippen molar-refractivity contribution >= 4 is 27.1 Å². The zero-order valence-corrected chi connectivity index (χ0v) is 12.0. The summed E-state index contributed by atoms with van der Waals surface area (Å²) in [6.07, 6.45) is 0.510. The van der Waals surface area contributed by atoms with Crippen LogP contribution < -0.4 is 5.73 Å². The lowest BCUT2D eigenvalue weighted by Crippen LogP contribution is -2.14. The summed E-state index contributed by atoms with van der Waals surface area (Å²) in [5.41, 5.74) is 6.93. The van der Waals surface area contributed by atoms with Crippen molar-refractivity contribution in [2.45, 2.75) is 12.5 Å². The largest absolute Gasteiger partial charge is 0.399 e. The third kappa shape index (κ3) is 2.48. The summed E-state index contributed by atoms with van der Waals surface area (Å²) in [7, 11) is -3.00. The van der Waals surface area contributed by atoms with Crippen molar-refractivity contribution in [1.29, 1.82) is 0 Å². The average Bonchev–Trinajstić information content (AvgIpc) is 2.93. The molecule has 1 saturated heterocycles. The molecule has 1 aliphatic rings. The minimum Gasteiger partial charge on any atom is -0.399 e. The van der Waals surface area contributed by atoms with Crippen LogP contribution in [-0.2, 0) is 9.84 Å². The highest BCUT2D eigenvalue weighted by Crippen LogP contribution is 2.29. The zero-order chi connectivity index (χ0) is 14.3. The molecule has 0 saturated carbocycles. The van der Waals surface area contributed by atoms with E-state index in [1.807, 2.05) is 0 Å². The smallest absolute Gasteiger partial charge is 0.182 e. The van der Waals surface area contributed by atoms with Crippen LogP contribution >= 0.6 is 11.6 Å². The maximum Gasteiger partial charge on any atom is 0.182 e. The average molecular weight is 314 g/mol. The first-order valence-electron chi connectivity index (χ1n) is 5.99. The summed E-state index contributed by atoms with van der Waals surface area (Å²) in [6, 6.07) is 4.78. The molecule has 0 amide bonds. The third-order valence-corrected chi connectivity index (χ3v) is 5.19. The molecule has 0 bridgehead atoms. The van der Waals surface area contributed by atoms with Crippen molar-refractivity contribution in [2.75, 3.05) is 17.2 Å². The molecule has 0 spiro atoms. The Labute approximate surface area is 120 Å². The van der Waals surface area contributed by atoms with Gasteiger partial charge in [-0.2, -0.15) is 0 Å². The standard InChI is InChI=1S/C11H12ClN5O2S/c12-8-3-7(4-9(13)5-8)11-14-15-16-17(11)10-1-2-20(18,19)6-10/h3-5,10H,1-2,6,13H2. The first kappa shape index (κ1) is 13.3. The zero-order valence-electron chi connectivity index (χ0n) is 10.4. The van der Waals surface area contributed by atoms with Crippen molar-refractivity contribution in [1.82, 2.24) is 20.2 Å². The molecule has 1 aromatic heterocycles. The van der Waals surface area contributed by atoms with Crippen LogP contribution in [0.4, 0.5) is 5.69 Å². The maximum atomic E-state index is 11.6. The Morgan fingerprint density at radius 2 is 2.15 bits per heavy atom. The van der Waals surface area contributed by atoms with Crippen LogP contribution in [0.3, 0.4) is 0 Å². The summed E-state index contributed by atoms with van der Waals surface area (Å²) in [6.45, 7) is 0. The van der Waals surface area contributed by atoms with Crippen LogP contribution in [0.15, 0.2) is 18.2 Å². The summed E-state index contributed by atoms with van der Waals surface area (Å²) in [5.74, 6) is 0.691. The van der Waals surface area contributed by atoms with Gasteiger partial charge in [0, 0.05) is 16.3 Å². The van der Waals surface area contributed by atoms with E-state index in [1.165, 1.54) is 4.68 Å². The number of nitrogen functional groups attached to an aromatic ring is 1. The van der Waals surface area contributed by atoms with Gasteiger partial charge in [0.25, 0.3) is 0 Å². The van der Waals surface area contributed by atoms with Gasteiger partial charge in [-0.25, -0.2) is 13.1 Å². The fourth-order valence-corrected chi connectivity index (χ4v) is 4.27. The molecular weight excluding hydrogens is 302 g/mol. The Bertz CT molecular complexity index is 738. The molecule has 3 rings (SSSR count). The van der Waals surface area contributed by atoms with E-state index >= 15 is 0 Å². The van der Waals surface area contributed by atoms with E-state index in [9.17, 15) is 8.42 Å². The Balaban J connectivity index is 2.02. The summed E-state index contributed by atoms with van der Waals surface area (Å²) < 4.78 is 24.7. The van der Waals surface area contributed by atoms with Gasteiger partial charge in [0.05, 0.1) is 17.5 Å². The SMILES string of the molecule is Nc1cc(Cl)cc(-c2nnnn2C2CCS(=O)(=O)C2)c1. The number of tetrazole rings is 1. The highest BCUT2D eigenvalue weighted by molar-refractivity contribution is 7.91. The lowest BCUT2D eigenvalue weighted by Gasteiger charge is -2.10. The van der Waals surface area contributed by atoms with Gasteiger partial charge >= 0.3 is 0 Å². The second-order valence-corrected chi connectivity index (χ2v) is 7.44. The van der Waals surface area contributed by atoms with Crippen molar-refractivity contribution in [3.8, 4) is 11.4 Å². The van der Waals surface area contributed by atoms with Crippen LogP contribution in [-0.4, -0.2) is 40.1 Å². The summed E-state index contributed by atoms with van der Waals surface area (Å²) >= 11 is 5.97. The van der Waals surface area contributed by atoms with Gasteiger partial charge in [-0.05, 0) is 35.0 Å². The second-order valence-electron chi connectivity index (χ2n) is 4.78. The molecule has 106 valence electrons. The topological polar surface area (TPSA) is 104 Å². The third-order valence-electron chi connectivity index (χ3n) is 3.23. The first-order valence-corrected chi connectivity index (χ1v) is 8.19. The second kappa shape index (κ2) is 4.71. The molecule has 2 N–H and O–H groups in total. The minimum atomic E-state index is -3.00. The van der Waals surface area contributed by atoms with Crippen LogP contribution in [0, 0.1) is 0 Å². The fraction of sp³-hybridized carbons (Fsp3) is 0.364. The lowest BCUT2D eigenvalue weighted by molar-refractivity contribution is 0.489. The molecule has 1 atom stereocenters. The number of rotatable bonds is 2. The fourth-order valence-electron chi connectivity index (χ4n) is 2.34. The van der Waals surface area contributed by atoms with E-state index < -0.39 is 9.84 Å². The predicted molar refractivity (Wildman–Crippen MR) is 75.0 cm³/mol. The summed E-state index contributed by atoms with van der Waals surface area (Å²) in [4.78, 5) is 0. The van der Waals surface area contributed by atoms with Gasteiger partial charge in [-0.1, -0.05) is 11.6 Å². The number of sulfone groups is 1. The molecule has 0 radical (unpaired) electrons. The Hall–Kier alpha value is -1.67. The highest BCUT2D eigenvalue weighted by Gasteiger charge is 2.31. The highest BCUT2D eigenvalue weighted by atomic mass is 35.5. The van der Waals surface area contributed by atoms with Crippen molar-refractivity contribution in [3.63, 3.8) is 0 Å². The van der Waals surface area contributed by atoms with Gasteiger partial charge in [-0.3, -0.25) is 0 Å². The van der Waals surface area contributed by atoms with Crippen LogP contribution in [0.25, 0.3) is 11.4 Å². The molecule has 2 heterocycles. The minimum absolute atomic E-state index is 0.0566. The molecule has 9 heteroatoms. The van der Waals surface area contributed by atoms with Crippen molar-refractivity contribution < 1.29 is 8.42 Å². The van der Waals surface area contributed by atoms with Crippen LogP contribution in [0.5, 0.6) is 0 Å². The number of aromatic nitrogens is 4. The van der Waals surface area contributed by atoms with Gasteiger partial charge in [0.1, 0.15) is 0 Å². The van der Waals surface area contributed by atoms with Crippen LogP contribution in [0.1, 0.15) is 12.5 Å². The van der Waals surface area contributed by atoms with E-state index in [-0.39, 0.29) is 17.5 Å². The number of nitrogens with two attached hydrogens (primary N) is 1. The molecule has 1 unspecified atom stereocenters. The van der Waals surface area contributed by atoms with Gasteiger partial charge < -0.3 is 5.73 Å². The van der Waals surface area contributed by atoms with E-state index in [0.29, 0.717) is 28.5 Å². The molecule has 7 nitrogen and oxygen atoms in total. The molecule has 20 heavy (non-hydrogen) atoms. The Morgan fingerprint density at radius 3 is 2.80 bits per heavy atom. The van der Waals surface area contributed by atoms with Crippen molar-refractivity contribution in [2.24, 2.45) is 0 Å². The quantitative estimate of drug-likeness (QED) is 0.827. The maximum absolute atomic E-state index is 11.6. The molecule has 1 aromatic carbocycles. The Morgan fingerprint density at radius 1 is 1.35 bits per heavy atom. The lowest BCUT2D eigenvalue weighted by atomic mass is 10.1. The number of hydrogen-bond acceptors (Lipinski definition) is 6. The van der Waals surface area contributed by atoms with E-state index in [4.69, 9.17) is 17.3 Å². The van der Waals surface area contributed by atoms with Crippen LogP contribution in [0.2, 0.25) is 5.02 Å². The number of benzene rings is 1. The van der Waals surface area contributed by atoms with E-state index in [1.54, 1.807) is 18.2 Å². The van der Waals surface area contributed by atoms with Gasteiger partial charge in [0.15, 0.2) is 15.7 Å². The molecular formula is C11H12ClN5O2S. The number of nitrogens with zero attached hydrogens (tertiary/aromatic N) is 4. The number of anilines is 1.